The topological polar surface area (TPSA) is 62.1 Å². The highest BCUT2D eigenvalue weighted by atomic mass is 32.1. The predicted octanol–water partition coefficient (Wildman–Crippen LogP) is 1.37. The van der Waals surface area contributed by atoms with Gasteiger partial charge in [0.1, 0.15) is 11.6 Å². The van der Waals surface area contributed by atoms with Crippen LogP contribution in [0.25, 0.3) is 0 Å². The summed E-state index contributed by atoms with van der Waals surface area (Å²) in [5.41, 5.74) is 3.53. The molecule has 17 heavy (non-hydrogen) atoms. The van der Waals surface area contributed by atoms with Crippen LogP contribution in [-0.2, 0) is 13.2 Å². The van der Waals surface area contributed by atoms with E-state index < -0.39 is 0 Å². The molecule has 0 aliphatic rings. The number of thiazole rings is 1. The molecular formula is C11H14N4OS. The van der Waals surface area contributed by atoms with Gasteiger partial charge in [0, 0.05) is 24.2 Å². The largest absolute Gasteiger partial charge is 0.391 e. The number of aromatic nitrogens is 3. The lowest BCUT2D eigenvalue weighted by molar-refractivity contribution is 0.281. The van der Waals surface area contributed by atoms with Gasteiger partial charge in [0.25, 0.3) is 0 Å². The quantitative estimate of drug-likeness (QED) is 0.888. The van der Waals surface area contributed by atoms with Gasteiger partial charge in [-0.25, -0.2) is 15.0 Å². The van der Waals surface area contributed by atoms with Gasteiger partial charge in [-0.1, -0.05) is 0 Å². The summed E-state index contributed by atoms with van der Waals surface area (Å²) in [6.45, 7) is 2.45. The maximum atomic E-state index is 9.26. The molecule has 0 aliphatic carbocycles. The summed E-state index contributed by atoms with van der Waals surface area (Å²) < 4.78 is 0. The van der Waals surface area contributed by atoms with E-state index in [9.17, 15) is 5.11 Å². The van der Waals surface area contributed by atoms with E-state index in [4.69, 9.17) is 0 Å². The van der Waals surface area contributed by atoms with Crippen molar-refractivity contribution in [1.29, 1.82) is 0 Å². The Morgan fingerprint density at radius 1 is 1.41 bits per heavy atom. The van der Waals surface area contributed by atoms with Crippen molar-refractivity contribution >= 4 is 17.2 Å². The van der Waals surface area contributed by atoms with Crippen LogP contribution >= 0.6 is 11.3 Å². The molecule has 0 atom stereocenters. The summed E-state index contributed by atoms with van der Waals surface area (Å²) in [6.07, 6.45) is 1.66. The highest BCUT2D eigenvalue weighted by molar-refractivity contribution is 7.07. The van der Waals surface area contributed by atoms with Gasteiger partial charge in [-0.3, -0.25) is 0 Å². The molecular weight excluding hydrogens is 236 g/mol. The van der Waals surface area contributed by atoms with E-state index >= 15 is 0 Å². The fourth-order valence-corrected chi connectivity index (χ4v) is 2.11. The van der Waals surface area contributed by atoms with Gasteiger partial charge < -0.3 is 10.0 Å². The molecule has 90 valence electrons. The summed E-state index contributed by atoms with van der Waals surface area (Å²) in [5, 5.41) is 11.3. The smallest absolute Gasteiger partial charge is 0.137 e. The Labute approximate surface area is 104 Å². The van der Waals surface area contributed by atoms with Crippen LogP contribution in [0.1, 0.15) is 17.1 Å². The minimum atomic E-state index is -0.0585. The van der Waals surface area contributed by atoms with E-state index in [1.807, 2.05) is 24.3 Å². The summed E-state index contributed by atoms with van der Waals surface area (Å²) in [5.74, 6) is 1.45. The zero-order valence-electron chi connectivity index (χ0n) is 9.79. The summed E-state index contributed by atoms with van der Waals surface area (Å²) in [6, 6.07) is 0. The van der Waals surface area contributed by atoms with E-state index in [1.165, 1.54) is 0 Å². The van der Waals surface area contributed by atoms with Crippen LogP contribution in [0.5, 0.6) is 0 Å². The Morgan fingerprint density at radius 2 is 2.24 bits per heavy atom. The SMILES string of the molecule is Cc1ncc(CO)c(N(C)Cc2cscn2)n1. The minimum Gasteiger partial charge on any atom is -0.391 e. The molecule has 0 spiro atoms. The molecule has 0 radical (unpaired) electrons. The molecule has 2 rings (SSSR count). The molecule has 0 aliphatic heterocycles. The van der Waals surface area contributed by atoms with Crippen molar-refractivity contribution in [2.45, 2.75) is 20.1 Å². The van der Waals surface area contributed by atoms with Gasteiger partial charge in [-0.2, -0.15) is 0 Å². The number of aryl methyl sites for hydroxylation is 1. The van der Waals surface area contributed by atoms with Crippen LogP contribution in [0.15, 0.2) is 17.1 Å². The highest BCUT2D eigenvalue weighted by Gasteiger charge is 2.11. The average molecular weight is 250 g/mol. The second kappa shape index (κ2) is 5.20. The molecule has 0 fully saturated rings. The summed E-state index contributed by atoms with van der Waals surface area (Å²) >= 11 is 1.57. The van der Waals surface area contributed by atoms with Crippen molar-refractivity contribution in [3.8, 4) is 0 Å². The van der Waals surface area contributed by atoms with Crippen molar-refractivity contribution in [3.63, 3.8) is 0 Å². The summed E-state index contributed by atoms with van der Waals surface area (Å²) in [7, 11) is 1.93. The standard InChI is InChI=1S/C11H14N4OS/c1-8-12-3-9(5-16)11(14-8)15(2)4-10-6-17-7-13-10/h3,6-7,16H,4-5H2,1-2H3. The molecule has 0 saturated carbocycles. The zero-order valence-corrected chi connectivity index (χ0v) is 10.6. The van der Waals surface area contributed by atoms with Crippen molar-refractivity contribution in [2.75, 3.05) is 11.9 Å². The third-order valence-electron chi connectivity index (χ3n) is 2.38. The van der Waals surface area contributed by atoms with E-state index in [0.29, 0.717) is 12.4 Å². The van der Waals surface area contributed by atoms with Gasteiger partial charge in [0.15, 0.2) is 0 Å². The number of hydrogen-bond donors (Lipinski definition) is 1. The molecule has 2 aromatic rings. The lowest BCUT2D eigenvalue weighted by atomic mass is 10.3. The number of hydrogen-bond acceptors (Lipinski definition) is 6. The van der Waals surface area contributed by atoms with Crippen molar-refractivity contribution in [2.24, 2.45) is 0 Å². The van der Waals surface area contributed by atoms with Gasteiger partial charge >= 0.3 is 0 Å². The molecule has 2 aromatic heterocycles. The van der Waals surface area contributed by atoms with Crippen LogP contribution in [0.2, 0.25) is 0 Å². The van der Waals surface area contributed by atoms with Crippen molar-refractivity contribution < 1.29 is 5.11 Å². The number of aliphatic hydroxyl groups is 1. The number of rotatable bonds is 4. The molecule has 0 bridgehead atoms. The third-order valence-corrected chi connectivity index (χ3v) is 3.01. The minimum absolute atomic E-state index is 0.0585. The van der Waals surface area contributed by atoms with Crippen LogP contribution in [0.3, 0.4) is 0 Å². The van der Waals surface area contributed by atoms with Gasteiger partial charge in [-0.15, -0.1) is 11.3 Å². The van der Waals surface area contributed by atoms with Crippen LogP contribution in [-0.4, -0.2) is 27.1 Å². The molecule has 0 amide bonds. The van der Waals surface area contributed by atoms with Crippen LogP contribution in [0, 0.1) is 6.92 Å². The van der Waals surface area contributed by atoms with Gasteiger partial charge in [0.2, 0.25) is 0 Å². The first-order valence-corrected chi connectivity index (χ1v) is 6.16. The Balaban J connectivity index is 2.23. The maximum Gasteiger partial charge on any atom is 0.137 e. The first-order chi connectivity index (χ1) is 8.20. The maximum absolute atomic E-state index is 9.26. The number of aliphatic hydroxyl groups excluding tert-OH is 1. The highest BCUT2D eigenvalue weighted by Crippen LogP contribution is 2.18. The van der Waals surface area contributed by atoms with E-state index in [1.54, 1.807) is 23.0 Å². The fourth-order valence-electron chi connectivity index (χ4n) is 1.56. The normalized spacial score (nSPS) is 10.5. The Bertz CT molecular complexity index is 486. The predicted molar refractivity (Wildman–Crippen MR) is 66.9 cm³/mol. The second-order valence-corrected chi connectivity index (χ2v) is 4.48. The van der Waals surface area contributed by atoms with Crippen molar-refractivity contribution in [1.82, 2.24) is 15.0 Å². The molecule has 0 saturated heterocycles. The van der Waals surface area contributed by atoms with E-state index in [2.05, 4.69) is 15.0 Å². The van der Waals surface area contributed by atoms with Crippen LogP contribution in [0.4, 0.5) is 5.82 Å². The molecule has 6 heteroatoms. The molecule has 1 N–H and O–H groups in total. The summed E-state index contributed by atoms with van der Waals surface area (Å²) in [4.78, 5) is 14.6. The van der Waals surface area contributed by atoms with Gasteiger partial charge in [0.05, 0.1) is 24.4 Å². The first kappa shape index (κ1) is 11.9. The van der Waals surface area contributed by atoms with Gasteiger partial charge in [-0.05, 0) is 6.92 Å². The van der Waals surface area contributed by atoms with Crippen LogP contribution < -0.4 is 4.90 Å². The molecule has 5 nitrogen and oxygen atoms in total. The average Bonchev–Trinajstić information content (AvgIpc) is 2.81. The van der Waals surface area contributed by atoms with E-state index in [-0.39, 0.29) is 6.61 Å². The number of anilines is 1. The molecule has 0 unspecified atom stereocenters. The monoisotopic (exact) mass is 250 g/mol. The third kappa shape index (κ3) is 2.78. The van der Waals surface area contributed by atoms with E-state index in [0.717, 1.165) is 17.1 Å². The lowest BCUT2D eigenvalue weighted by Gasteiger charge is -2.19. The Hall–Kier alpha value is -1.53. The van der Waals surface area contributed by atoms with Crippen molar-refractivity contribution in [3.05, 3.63) is 34.2 Å². The first-order valence-electron chi connectivity index (χ1n) is 5.22. The second-order valence-electron chi connectivity index (χ2n) is 3.76. The Morgan fingerprint density at radius 3 is 2.88 bits per heavy atom. The molecule has 2 heterocycles. The lowest BCUT2D eigenvalue weighted by Crippen LogP contribution is -2.20. The fraction of sp³-hybridized carbons (Fsp3) is 0.364. The number of nitrogens with zero attached hydrogens (tertiary/aromatic N) is 4. The zero-order chi connectivity index (χ0) is 12.3. The molecule has 0 aromatic carbocycles. The Kier molecular flexibility index (Phi) is 3.65.